The molecule has 0 saturated heterocycles. The molecular weight excluding hydrogens is 827 g/mol. The number of aromatic hydroxyl groups is 2. The maximum Gasteiger partial charge on any atom is 2.00 e. The Balaban J connectivity index is 0.000000482. The predicted molar refractivity (Wildman–Crippen MR) is 245 cm³/mol. The second kappa shape index (κ2) is 30.8. The fourth-order valence-electron chi connectivity index (χ4n) is 7.10. The largest absolute Gasteiger partial charge is 2.00 e. The zero-order chi connectivity index (χ0) is 45.2. The van der Waals surface area contributed by atoms with E-state index in [9.17, 15) is 30.0 Å². The number of carboxylic acid groups (broad SMARTS) is 2. The monoisotopic (exact) mass is 894 g/mol. The summed E-state index contributed by atoms with van der Waals surface area (Å²) in [5.41, 5.74) is 6.53. The van der Waals surface area contributed by atoms with Crippen molar-refractivity contribution in [3.63, 3.8) is 0 Å². The summed E-state index contributed by atoms with van der Waals surface area (Å²) >= 11 is 0. The first-order chi connectivity index (χ1) is 29.4. The first-order valence-corrected chi connectivity index (χ1v) is 22.2. The summed E-state index contributed by atoms with van der Waals surface area (Å²) in [7, 11) is 0. The minimum absolute atomic E-state index is 0. The number of carbonyl (C=O) groups is 2. The quantitative estimate of drug-likeness (QED) is 0.0341. The van der Waals surface area contributed by atoms with E-state index >= 15 is 0 Å². The number of unbranched alkanes of at least 4 members (excludes halogenated alkanes) is 5. The zero-order valence-corrected chi connectivity index (χ0v) is 38.6. The van der Waals surface area contributed by atoms with E-state index in [-0.39, 0.29) is 27.6 Å². The molecule has 340 valence electrons. The van der Waals surface area contributed by atoms with Gasteiger partial charge < -0.3 is 30.6 Å². The summed E-state index contributed by atoms with van der Waals surface area (Å²) in [6.45, 7) is 12.3. The molecule has 4 rings (SSSR count). The van der Waals surface area contributed by atoms with Crippen molar-refractivity contribution in [2.24, 2.45) is 9.98 Å². The molecule has 0 amide bonds. The van der Waals surface area contributed by atoms with Gasteiger partial charge in [-0.15, -0.1) is 0 Å². The van der Waals surface area contributed by atoms with E-state index < -0.39 is 34.9 Å². The van der Waals surface area contributed by atoms with Gasteiger partial charge in [0.25, 0.3) is 0 Å². The SMILES string of the molecule is CCCCCCC(=Nc1ccccc1)C(CCCCC)=Nc1ccccc1.CCCc1cc(O)c([O-])c(C(=O)O)c1CCC.CCCc1cc(O)c([O-])c(C(=O)O)c1CCC.[Ni+2]. The topological polar surface area (TPSA) is 186 Å². The van der Waals surface area contributed by atoms with Crippen molar-refractivity contribution in [3.8, 4) is 23.0 Å². The van der Waals surface area contributed by atoms with Crippen molar-refractivity contribution in [2.75, 3.05) is 0 Å². The van der Waals surface area contributed by atoms with Crippen LogP contribution in [0.5, 0.6) is 23.0 Å². The van der Waals surface area contributed by atoms with Crippen molar-refractivity contribution >= 4 is 34.7 Å². The molecule has 0 aromatic heterocycles. The number of carboxylic acids is 2. The first kappa shape index (κ1) is 54.9. The summed E-state index contributed by atoms with van der Waals surface area (Å²) in [5.74, 6) is -5.00. The molecule has 0 aliphatic carbocycles. The third-order valence-electron chi connectivity index (χ3n) is 10.0. The third-order valence-corrected chi connectivity index (χ3v) is 10.0. The van der Waals surface area contributed by atoms with Crippen LogP contribution in [0.2, 0.25) is 0 Å². The third kappa shape index (κ3) is 18.1. The van der Waals surface area contributed by atoms with Crippen LogP contribution in [0.15, 0.2) is 82.8 Å². The van der Waals surface area contributed by atoms with Gasteiger partial charge in [0.15, 0.2) is 0 Å². The van der Waals surface area contributed by atoms with Crippen LogP contribution < -0.4 is 10.2 Å². The van der Waals surface area contributed by atoms with Crippen LogP contribution in [0.25, 0.3) is 0 Å². The van der Waals surface area contributed by atoms with Crippen molar-refractivity contribution in [1.82, 2.24) is 0 Å². The molecule has 10 nitrogen and oxygen atoms in total. The Morgan fingerprint density at radius 3 is 1.16 bits per heavy atom. The second-order valence-corrected chi connectivity index (χ2v) is 15.1. The molecule has 0 spiro atoms. The number of phenolic OH excluding ortho intramolecular Hbond substituents is 2. The number of rotatable bonds is 22. The molecule has 4 aromatic carbocycles. The fourth-order valence-corrected chi connectivity index (χ4v) is 7.10. The van der Waals surface area contributed by atoms with Crippen molar-refractivity contribution in [3.05, 3.63) is 106 Å². The molecule has 4 aromatic rings. The number of hydrogen-bond donors (Lipinski definition) is 4. The Morgan fingerprint density at radius 2 is 0.839 bits per heavy atom. The molecule has 0 unspecified atom stereocenters. The van der Waals surface area contributed by atoms with Gasteiger partial charge in [-0.05, 0) is 110 Å². The maximum atomic E-state index is 11.6. The van der Waals surface area contributed by atoms with Gasteiger partial charge in [0.2, 0.25) is 0 Å². The molecular formula is C51H68N2NiO8. The van der Waals surface area contributed by atoms with Crippen LogP contribution in [0.4, 0.5) is 11.4 Å². The van der Waals surface area contributed by atoms with E-state index in [1.54, 1.807) is 0 Å². The van der Waals surface area contributed by atoms with Crippen LogP contribution >= 0.6 is 0 Å². The van der Waals surface area contributed by atoms with Crippen molar-refractivity contribution in [2.45, 2.75) is 151 Å². The molecule has 0 heterocycles. The average molecular weight is 896 g/mol. The minimum Gasteiger partial charge on any atom is -0.869 e. The smallest absolute Gasteiger partial charge is 0.869 e. The van der Waals surface area contributed by atoms with E-state index in [4.69, 9.17) is 20.2 Å². The van der Waals surface area contributed by atoms with E-state index in [1.807, 2.05) is 39.8 Å². The maximum absolute atomic E-state index is 11.6. The van der Waals surface area contributed by atoms with Gasteiger partial charge in [0.05, 0.1) is 33.9 Å². The molecule has 0 aliphatic rings. The standard InChI is InChI=1S/C25H34N2.2C13H18O4.Ni/c1-3-5-7-15-21-25(27-23-18-13-9-14-19-23)24(20-10-6-4-2)26-22-16-11-8-12-17-22;2*1-3-5-8-7-10(14)12(15)11(13(16)17)9(8)6-4-2;/h8-9,11-14,16-19H,3-7,10,15,20-21H2,1-2H3;2*7,14-15H,3-6H2,1-2H3,(H,16,17);/q;;;+2/p-2. The van der Waals surface area contributed by atoms with Gasteiger partial charge >= 0.3 is 28.4 Å². The summed E-state index contributed by atoms with van der Waals surface area (Å²) in [6.07, 6.45) is 16.3. The Hall–Kier alpha value is -5.15. The number of aryl methyl sites for hydroxylation is 2. The van der Waals surface area contributed by atoms with Gasteiger partial charge in [-0.2, -0.15) is 0 Å². The Kier molecular flexibility index (Phi) is 27.3. The van der Waals surface area contributed by atoms with Gasteiger partial charge in [0.1, 0.15) is 11.5 Å². The summed E-state index contributed by atoms with van der Waals surface area (Å²) in [5, 5.41) is 60.4. The van der Waals surface area contributed by atoms with E-state index in [2.05, 4.69) is 62.4 Å². The second-order valence-electron chi connectivity index (χ2n) is 15.1. The van der Waals surface area contributed by atoms with Crippen LogP contribution in [0.1, 0.15) is 168 Å². The molecule has 11 heteroatoms. The van der Waals surface area contributed by atoms with Gasteiger partial charge in [0, 0.05) is 0 Å². The predicted octanol–water partition coefficient (Wildman–Crippen LogP) is 12.2. The van der Waals surface area contributed by atoms with E-state index in [0.29, 0.717) is 36.8 Å². The zero-order valence-electron chi connectivity index (χ0n) is 37.6. The number of aromatic carboxylic acids is 2. The Bertz CT molecular complexity index is 1920. The van der Waals surface area contributed by atoms with Crippen LogP contribution in [-0.4, -0.2) is 43.8 Å². The molecule has 0 fully saturated rings. The summed E-state index contributed by atoms with van der Waals surface area (Å²) < 4.78 is 0. The molecule has 0 bridgehead atoms. The number of phenols is 2. The fraction of sp³-hybridized carbons (Fsp3) is 0.451. The van der Waals surface area contributed by atoms with Crippen LogP contribution in [0.3, 0.4) is 0 Å². The normalized spacial score (nSPS) is 11.1. The Labute approximate surface area is 379 Å². The summed E-state index contributed by atoms with van der Waals surface area (Å²) in [6, 6.07) is 23.4. The van der Waals surface area contributed by atoms with Crippen LogP contribution in [-0.2, 0) is 42.2 Å². The van der Waals surface area contributed by atoms with Gasteiger partial charge in [-0.3, -0.25) is 9.98 Å². The van der Waals surface area contributed by atoms with Gasteiger partial charge in [-0.25, -0.2) is 9.59 Å². The van der Waals surface area contributed by atoms with E-state index in [0.717, 1.165) is 72.4 Å². The van der Waals surface area contributed by atoms with E-state index in [1.165, 1.54) is 57.1 Å². The van der Waals surface area contributed by atoms with Crippen molar-refractivity contribution < 1.29 is 56.7 Å². The average Bonchev–Trinajstić information content (AvgIpc) is 3.24. The molecule has 4 N–H and O–H groups in total. The molecule has 62 heavy (non-hydrogen) atoms. The first-order valence-electron chi connectivity index (χ1n) is 22.2. The van der Waals surface area contributed by atoms with Gasteiger partial charge in [-0.1, -0.05) is 147 Å². The Morgan fingerprint density at radius 1 is 0.500 bits per heavy atom. The number of aliphatic imine (C=N–C) groups is 2. The molecule has 0 saturated carbocycles. The van der Waals surface area contributed by atoms with Crippen molar-refractivity contribution in [1.29, 1.82) is 0 Å². The van der Waals surface area contributed by atoms with Crippen LogP contribution in [0, 0.1) is 0 Å². The number of benzene rings is 4. The number of para-hydroxylation sites is 2. The molecule has 0 radical (unpaired) electrons. The molecule has 0 aliphatic heterocycles. The summed E-state index contributed by atoms with van der Waals surface area (Å²) in [4.78, 5) is 32.3. The molecule has 0 atom stereocenters. The minimum atomic E-state index is -1.26. The number of nitrogens with zero attached hydrogens (tertiary/aromatic N) is 2. The number of hydrogen-bond acceptors (Lipinski definition) is 8.